The number of nitrogens with zero attached hydrogens (tertiary/aromatic N) is 4. The van der Waals surface area contributed by atoms with Crippen molar-refractivity contribution in [3.63, 3.8) is 0 Å². The molecule has 0 saturated heterocycles. The molecule has 0 spiro atoms. The summed E-state index contributed by atoms with van der Waals surface area (Å²) in [5.74, 6) is 0.893. The van der Waals surface area contributed by atoms with Crippen molar-refractivity contribution in [3.8, 4) is 0 Å². The molecular formula is C15H23N5S. The van der Waals surface area contributed by atoms with Crippen molar-refractivity contribution >= 4 is 11.8 Å². The highest BCUT2D eigenvalue weighted by Gasteiger charge is 2.07. The maximum Gasteiger partial charge on any atom is 0.209 e. The molecule has 2 rings (SSSR count). The fourth-order valence-electron chi connectivity index (χ4n) is 1.97. The van der Waals surface area contributed by atoms with Crippen LogP contribution in [0.1, 0.15) is 30.0 Å². The molecular weight excluding hydrogens is 282 g/mol. The molecule has 1 aromatic carbocycles. The molecule has 0 radical (unpaired) electrons. The van der Waals surface area contributed by atoms with Gasteiger partial charge in [0.05, 0.1) is 6.54 Å². The van der Waals surface area contributed by atoms with Crippen LogP contribution in [0.3, 0.4) is 0 Å². The summed E-state index contributed by atoms with van der Waals surface area (Å²) in [7, 11) is 0. The lowest BCUT2D eigenvalue weighted by Crippen LogP contribution is -2.21. The van der Waals surface area contributed by atoms with Crippen molar-refractivity contribution in [2.75, 3.05) is 13.1 Å². The molecule has 0 aliphatic carbocycles. The summed E-state index contributed by atoms with van der Waals surface area (Å²) >= 11 is 1.68. The van der Waals surface area contributed by atoms with Crippen molar-refractivity contribution in [2.24, 2.45) is 0 Å². The number of tetrazole rings is 1. The topological polar surface area (TPSA) is 55.6 Å². The number of hydrogen-bond acceptors (Lipinski definition) is 5. The molecule has 2 aromatic rings. The van der Waals surface area contributed by atoms with Gasteiger partial charge in [-0.2, -0.15) is 0 Å². The molecule has 0 unspecified atom stereocenters. The average molecular weight is 305 g/mol. The minimum atomic E-state index is 0.808. The summed E-state index contributed by atoms with van der Waals surface area (Å²) in [6.45, 7) is 9.18. The zero-order chi connectivity index (χ0) is 15.1. The van der Waals surface area contributed by atoms with Crippen molar-refractivity contribution in [2.45, 2.75) is 44.6 Å². The molecule has 21 heavy (non-hydrogen) atoms. The van der Waals surface area contributed by atoms with Crippen LogP contribution >= 0.6 is 11.8 Å². The molecule has 114 valence electrons. The van der Waals surface area contributed by atoms with Crippen molar-refractivity contribution < 1.29 is 0 Å². The summed E-state index contributed by atoms with van der Waals surface area (Å²) < 4.78 is 1.87. The third-order valence-corrected chi connectivity index (χ3v) is 4.39. The molecule has 1 N–H and O–H groups in total. The van der Waals surface area contributed by atoms with E-state index in [0.717, 1.165) is 37.0 Å². The molecule has 1 aromatic heterocycles. The lowest BCUT2D eigenvalue weighted by molar-refractivity contribution is 0.510. The van der Waals surface area contributed by atoms with Gasteiger partial charge in [-0.15, -0.1) is 5.10 Å². The van der Waals surface area contributed by atoms with Crippen molar-refractivity contribution in [1.29, 1.82) is 0 Å². The fraction of sp³-hybridized carbons (Fsp3) is 0.533. The van der Waals surface area contributed by atoms with Crippen LogP contribution in [0.2, 0.25) is 0 Å². The zero-order valence-electron chi connectivity index (χ0n) is 13.0. The Hall–Kier alpha value is -1.40. The Morgan fingerprint density at radius 2 is 2.05 bits per heavy atom. The van der Waals surface area contributed by atoms with Crippen LogP contribution in [-0.4, -0.2) is 33.3 Å². The molecule has 0 amide bonds. The Bertz CT molecular complexity index is 567. The number of rotatable bonds is 8. The summed E-state index contributed by atoms with van der Waals surface area (Å²) in [6, 6.07) is 6.58. The highest BCUT2D eigenvalue weighted by atomic mass is 32.2. The number of thioether (sulfide) groups is 1. The van der Waals surface area contributed by atoms with Crippen LogP contribution in [0.25, 0.3) is 0 Å². The highest BCUT2D eigenvalue weighted by Crippen LogP contribution is 2.21. The molecule has 0 fully saturated rings. The van der Waals surface area contributed by atoms with E-state index >= 15 is 0 Å². The fourth-order valence-corrected chi connectivity index (χ4v) is 2.81. The number of hydrogen-bond donors (Lipinski definition) is 1. The van der Waals surface area contributed by atoms with Gasteiger partial charge < -0.3 is 5.32 Å². The number of aryl methyl sites for hydroxylation is 2. The van der Waals surface area contributed by atoms with Gasteiger partial charge in [0.2, 0.25) is 5.16 Å². The van der Waals surface area contributed by atoms with Gasteiger partial charge in [0.25, 0.3) is 0 Å². The largest absolute Gasteiger partial charge is 0.315 e. The van der Waals surface area contributed by atoms with Gasteiger partial charge in [-0.05, 0) is 53.9 Å². The summed E-state index contributed by atoms with van der Waals surface area (Å²) in [6.07, 6.45) is 1.14. The van der Waals surface area contributed by atoms with E-state index < -0.39 is 0 Å². The molecule has 0 atom stereocenters. The van der Waals surface area contributed by atoms with E-state index in [0.29, 0.717) is 0 Å². The van der Waals surface area contributed by atoms with Crippen LogP contribution in [0, 0.1) is 13.8 Å². The normalized spacial score (nSPS) is 11.0. The molecule has 6 heteroatoms. The second-order valence-electron chi connectivity index (χ2n) is 5.14. The Labute approximate surface area is 130 Å². The van der Waals surface area contributed by atoms with Crippen LogP contribution in [-0.2, 0) is 12.3 Å². The van der Waals surface area contributed by atoms with Crippen LogP contribution in [0.4, 0.5) is 0 Å². The standard InChI is InChI=1S/C15H23N5S/c1-4-7-16-8-9-20-15(17-18-19-20)21-11-14-6-5-12(2)13(3)10-14/h5-6,10,16H,4,7-9,11H2,1-3H3. The number of benzene rings is 1. The number of nitrogens with one attached hydrogen (secondary N) is 1. The molecule has 0 aliphatic rings. The summed E-state index contributed by atoms with van der Waals surface area (Å²) in [5.41, 5.74) is 3.97. The Balaban J connectivity index is 1.88. The summed E-state index contributed by atoms with van der Waals surface area (Å²) in [5, 5.41) is 16.2. The SMILES string of the molecule is CCCNCCn1nnnc1SCc1ccc(C)c(C)c1. The number of aromatic nitrogens is 4. The molecule has 5 nitrogen and oxygen atoms in total. The Kier molecular flexibility index (Phi) is 6.20. The lowest BCUT2D eigenvalue weighted by atomic mass is 10.1. The van der Waals surface area contributed by atoms with E-state index in [-0.39, 0.29) is 0 Å². The third-order valence-electron chi connectivity index (χ3n) is 3.37. The Morgan fingerprint density at radius 1 is 1.19 bits per heavy atom. The molecule has 0 bridgehead atoms. The first kappa shape index (κ1) is 16.0. The van der Waals surface area contributed by atoms with Gasteiger partial charge in [-0.3, -0.25) is 0 Å². The van der Waals surface area contributed by atoms with Gasteiger partial charge >= 0.3 is 0 Å². The van der Waals surface area contributed by atoms with E-state index in [4.69, 9.17) is 0 Å². The zero-order valence-corrected chi connectivity index (χ0v) is 13.8. The maximum absolute atomic E-state index is 4.11. The van der Waals surface area contributed by atoms with Crippen LogP contribution in [0.5, 0.6) is 0 Å². The molecule has 0 saturated carbocycles. The minimum absolute atomic E-state index is 0.808. The van der Waals surface area contributed by atoms with Crippen molar-refractivity contribution in [3.05, 3.63) is 34.9 Å². The summed E-state index contributed by atoms with van der Waals surface area (Å²) in [4.78, 5) is 0. The van der Waals surface area contributed by atoms with Gasteiger partial charge in [-0.25, -0.2) is 4.68 Å². The lowest BCUT2D eigenvalue weighted by Gasteiger charge is -2.06. The van der Waals surface area contributed by atoms with E-state index in [1.165, 1.54) is 16.7 Å². The van der Waals surface area contributed by atoms with Crippen molar-refractivity contribution in [1.82, 2.24) is 25.5 Å². The van der Waals surface area contributed by atoms with E-state index in [2.05, 4.69) is 59.8 Å². The maximum atomic E-state index is 4.11. The minimum Gasteiger partial charge on any atom is -0.315 e. The second-order valence-corrected chi connectivity index (χ2v) is 6.08. The quantitative estimate of drug-likeness (QED) is 0.600. The monoisotopic (exact) mass is 305 g/mol. The van der Waals surface area contributed by atoms with E-state index in [1.807, 2.05) is 4.68 Å². The predicted octanol–water partition coefficient (Wildman–Crippen LogP) is 2.58. The average Bonchev–Trinajstić information content (AvgIpc) is 2.92. The molecule has 0 aliphatic heterocycles. The van der Waals surface area contributed by atoms with Gasteiger partial charge in [-0.1, -0.05) is 36.9 Å². The smallest absolute Gasteiger partial charge is 0.209 e. The second kappa shape index (κ2) is 8.14. The third kappa shape index (κ3) is 4.82. The van der Waals surface area contributed by atoms with Gasteiger partial charge in [0, 0.05) is 12.3 Å². The molecule has 1 heterocycles. The van der Waals surface area contributed by atoms with E-state index in [9.17, 15) is 0 Å². The van der Waals surface area contributed by atoms with Gasteiger partial charge in [0.1, 0.15) is 0 Å². The first-order valence-electron chi connectivity index (χ1n) is 7.36. The first-order chi connectivity index (χ1) is 10.2. The first-order valence-corrected chi connectivity index (χ1v) is 8.35. The Morgan fingerprint density at radius 3 is 2.81 bits per heavy atom. The van der Waals surface area contributed by atoms with Crippen LogP contribution < -0.4 is 5.32 Å². The van der Waals surface area contributed by atoms with Crippen LogP contribution in [0.15, 0.2) is 23.4 Å². The predicted molar refractivity (Wildman–Crippen MR) is 86.5 cm³/mol. The van der Waals surface area contributed by atoms with E-state index in [1.54, 1.807) is 11.8 Å². The highest BCUT2D eigenvalue weighted by molar-refractivity contribution is 7.98. The van der Waals surface area contributed by atoms with Gasteiger partial charge in [0.15, 0.2) is 0 Å².